The third kappa shape index (κ3) is 4.39. The molecule has 6 nitrogen and oxygen atoms in total. The second-order valence-electron chi connectivity index (χ2n) is 7.12. The molecule has 3 rings (SSSR count). The number of nitrogens with one attached hydrogen (secondary N) is 1. The Labute approximate surface area is 167 Å². The zero-order chi connectivity index (χ0) is 20.4. The summed E-state index contributed by atoms with van der Waals surface area (Å²) in [5.74, 6) is 0.413. The molecule has 0 bridgehead atoms. The molecule has 1 atom stereocenters. The summed E-state index contributed by atoms with van der Waals surface area (Å²) in [4.78, 5) is 0.144. The Bertz CT molecular complexity index is 1010. The molecule has 0 aliphatic carbocycles. The molecule has 1 fully saturated rings. The van der Waals surface area contributed by atoms with Gasteiger partial charge < -0.3 is 0 Å². The van der Waals surface area contributed by atoms with Gasteiger partial charge in [0.05, 0.1) is 9.79 Å². The van der Waals surface area contributed by atoms with Gasteiger partial charge in [-0.25, -0.2) is 16.8 Å². The van der Waals surface area contributed by atoms with Crippen LogP contribution in [0.3, 0.4) is 0 Å². The Morgan fingerprint density at radius 2 is 1.43 bits per heavy atom. The molecule has 2 aromatic rings. The summed E-state index contributed by atoms with van der Waals surface area (Å²) in [6, 6.07) is 12.7. The predicted molar refractivity (Wildman–Crippen MR) is 110 cm³/mol. The Balaban J connectivity index is 1.77. The van der Waals surface area contributed by atoms with Gasteiger partial charge in [-0.1, -0.05) is 26.0 Å². The first kappa shape index (κ1) is 20.8. The minimum Gasteiger partial charge on any atom is -0.280 e. The lowest BCUT2D eigenvalue weighted by Crippen LogP contribution is -2.27. The molecule has 0 amide bonds. The van der Waals surface area contributed by atoms with Crippen molar-refractivity contribution in [2.24, 2.45) is 0 Å². The van der Waals surface area contributed by atoms with Gasteiger partial charge in [-0.05, 0) is 67.1 Å². The molecule has 1 aliphatic rings. The molecule has 8 heteroatoms. The van der Waals surface area contributed by atoms with E-state index in [9.17, 15) is 16.8 Å². The van der Waals surface area contributed by atoms with Crippen molar-refractivity contribution in [3.8, 4) is 0 Å². The van der Waals surface area contributed by atoms with E-state index in [0.717, 1.165) is 24.8 Å². The Morgan fingerprint density at radius 3 is 1.96 bits per heavy atom. The molecule has 152 valence electrons. The van der Waals surface area contributed by atoms with Crippen molar-refractivity contribution >= 4 is 25.7 Å². The van der Waals surface area contributed by atoms with E-state index < -0.39 is 20.0 Å². The average Bonchev–Trinajstić information content (AvgIpc) is 3.23. The lowest BCUT2D eigenvalue weighted by atomic mass is 9.99. The summed E-state index contributed by atoms with van der Waals surface area (Å²) >= 11 is 0. The highest BCUT2D eigenvalue weighted by atomic mass is 32.2. The molecule has 1 aliphatic heterocycles. The van der Waals surface area contributed by atoms with E-state index in [1.54, 1.807) is 12.1 Å². The summed E-state index contributed by atoms with van der Waals surface area (Å²) in [5.41, 5.74) is 1.63. The van der Waals surface area contributed by atoms with Crippen molar-refractivity contribution in [1.29, 1.82) is 0 Å². The monoisotopic (exact) mass is 422 g/mol. The van der Waals surface area contributed by atoms with Gasteiger partial charge in [0.15, 0.2) is 0 Å². The zero-order valence-electron chi connectivity index (χ0n) is 16.1. The molecule has 0 radical (unpaired) electrons. The van der Waals surface area contributed by atoms with E-state index in [4.69, 9.17) is 0 Å². The minimum atomic E-state index is -3.79. The van der Waals surface area contributed by atoms with Crippen LogP contribution in [0.5, 0.6) is 0 Å². The smallest absolute Gasteiger partial charge is 0.261 e. The summed E-state index contributed by atoms with van der Waals surface area (Å²) in [7, 11) is -7.35. The first-order valence-corrected chi connectivity index (χ1v) is 12.4. The zero-order valence-corrected chi connectivity index (χ0v) is 17.8. The maximum absolute atomic E-state index is 12.6. The van der Waals surface area contributed by atoms with Gasteiger partial charge in [0.2, 0.25) is 10.0 Å². The van der Waals surface area contributed by atoms with Crippen LogP contribution in [0.1, 0.15) is 44.6 Å². The fraction of sp³-hybridized carbons (Fsp3) is 0.400. The van der Waals surface area contributed by atoms with Crippen molar-refractivity contribution in [2.75, 3.05) is 17.8 Å². The predicted octanol–water partition coefficient (Wildman–Crippen LogP) is 3.79. The van der Waals surface area contributed by atoms with Crippen molar-refractivity contribution in [3.05, 3.63) is 54.1 Å². The van der Waals surface area contributed by atoms with Crippen LogP contribution < -0.4 is 4.72 Å². The van der Waals surface area contributed by atoms with Crippen molar-refractivity contribution in [1.82, 2.24) is 4.31 Å². The maximum Gasteiger partial charge on any atom is 0.261 e. The van der Waals surface area contributed by atoms with Crippen LogP contribution in [0.2, 0.25) is 0 Å². The highest BCUT2D eigenvalue weighted by molar-refractivity contribution is 7.92. The molecule has 0 unspecified atom stereocenters. The van der Waals surface area contributed by atoms with Crippen LogP contribution >= 0.6 is 0 Å². The molecule has 1 N–H and O–H groups in total. The van der Waals surface area contributed by atoms with E-state index in [0.29, 0.717) is 24.7 Å². The van der Waals surface area contributed by atoms with E-state index in [2.05, 4.69) is 18.6 Å². The van der Waals surface area contributed by atoms with Crippen LogP contribution in [0.25, 0.3) is 0 Å². The number of rotatable bonds is 7. The largest absolute Gasteiger partial charge is 0.280 e. The Kier molecular flexibility index (Phi) is 6.12. The van der Waals surface area contributed by atoms with Gasteiger partial charge in [0.25, 0.3) is 10.0 Å². The van der Waals surface area contributed by atoms with E-state index in [-0.39, 0.29) is 9.79 Å². The third-order valence-electron chi connectivity index (χ3n) is 5.18. The molecule has 0 saturated carbocycles. The first-order valence-electron chi connectivity index (χ1n) is 9.47. The maximum atomic E-state index is 12.6. The highest BCUT2D eigenvalue weighted by Crippen LogP contribution is 2.24. The number of nitrogens with zero attached hydrogens (tertiary/aromatic N) is 1. The molecule has 0 aromatic heterocycles. The van der Waals surface area contributed by atoms with Gasteiger partial charge in [0, 0.05) is 18.8 Å². The van der Waals surface area contributed by atoms with Gasteiger partial charge in [-0.15, -0.1) is 0 Å². The fourth-order valence-electron chi connectivity index (χ4n) is 3.20. The van der Waals surface area contributed by atoms with Gasteiger partial charge >= 0.3 is 0 Å². The molecule has 28 heavy (non-hydrogen) atoms. The van der Waals surface area contributed by atoms with Crippen LogP contribution in [-0.2, 0) is 20.0 Å². The fourth-order valence-corrected chi connectivity index (χ4v) is 5.77. The number of anilines is 1. The lowest BCUT2D eigenvalue weighted by Gasteiger charge is -2.16. The lowest BCUT2D eigenvalue weighted by molar-refractivity contribution is 0.477. The van der Waals surface area contributed by atoms with E-state index >= 15 is 0 Å². The molecular weight excluding hydrogens is 396 g/mol. The molecule has 0 spiro atoms. The van der Waals surface area contributed by atoms with Gasteiger partial charge in [-0.2, -0.15) is 4.31 Å². The van der Waals surface area contributed by atoms with Crippen molar-refractivity contribution in [2.45, 2.75) is 48.8 Å². The summed E-state index contributed by atoms with van der Waals surface area (Å²) in [6.45, 7) is 5.25. The van der Waals surface area contributed by atoms with E-state index in [1.807, 2.05) is 12.1 Å². The Morgan fingerprint density at radius 1 is 0.893 bits per heavy atom. The summed E-state index contributed by atoms with van der Waals surface area (Å²) in [5, 5.41) is 0. The van der Waals surface area contributed by atoms with Crippen LogP contribution in [0.4, 0.5) is 5.69 Å². The topological polar surface area (TPSA) is 83.5 Å². The second kappa shape index (κ2) is 8.23. The van der Waals surface area contributed by atoms with Crippen molar-refractivity contribution < 1.29 is 16.8 Å². The summed E-state index contributed by atoms with van der Waals surface area (Å²) in [6.07, 6.45) is 2.72. The molecule has 2 aromatic carbocycles. The average molecular weight is 423 g/mol. The van der Waals surface area contributed by atoms with Crippen LogP contribution in [0, 0.1) is 0 Å². The van der Waals surface area contributed by atoms with Crippen molar-refractivity contribution in [3.63, 3.8) is 0 Å². The third-order valence-corrected chi connectivity index (χ3v) is 8.49. The van der Waals surface area contributed by atoms with Gasteiger partial charge in [0.1, 0.15) is 0 Å². The normalized spacial score (nSPS) is 16.8. The number of hydrogen-bond donors (Lipinski definition) is 1. The van der Waals surface area contributed by atoms with Gasteiger partial charge in [-0.3, -0.25) is 4.72 Å². The SMILES string of the molecule is CC[C@H](C)c1ccc(NS(=O)(=O)c2ccc(S(=O)(=O)N3CCCC3)cc2)cc1. The Hall–Kier alpha value is -1.90. The first-order chi connectivity index (χ1) is 13.2. The van der Waals surface area contributed by atoms with Crippen LogP contribution in [0.15, 0.2) is 58.3 Å². The molecule has 1 heterocycles. The summed E-state index contributed by atoms with van der Waals surface area (Å²) < 4.78 is 54.3. The van der Waals surface area contributed by atoms with Crippen LogP contribution in [-0.4, -0.2) is 34.2 Å². The number of hydrogen-bond acceptors (Lipinski definition) is 4. The quantitative estimate of drug-likeness (QED) is 0.736. The minimum absolute atomic E-state index is 0.0267. The molecule has 1 saturated heterocycles. The standard InChI is InChI=1S/C20H26N2O4S2/c1-3-16(2)17-6-8-18(9-7-17)21-27(23,24)19-10-12-20(13-11-19)28(25,26)22-14-4-5-15-22/h6-13,16,21H,3-5,14-15H2,1-2H3/t16-/m0/s1. The number of benzene rings is 2. The van der Waals surface area contributed by atoms with E-state index in [1.165, 1.54) is 28.6 Å². The number of sulfonamides is 2. The molecular formula is C20H26N2O4S2. The second-order valence-corrected chi connectivity index (χ2v) is 10.7. The highest BCUT2D eigenvalue weighted by Gasteiger charge is 2.27.